The average Bonchev–Trinajstić information content (AvgIpc) is 2.97. The lowest BCUT2D eigenvalue weighted by molar-refractivity contribution is 0.569. The third-order valence-electron chi connectivity index (χ3n) is 7.22. The van der Waals surface area contributed by atoms with Crippen LogP contribution >= 0.6 is 0 Å². The van der Waals surface area contributed by atoms with Crippen molar-refractivity contribution in [1.82, 2.24) is 0 Å². The van der Waals surface area contributed by atoms with Crippen LogP contribution in [-0.2, 0) is 16.2 Å². The summed E-state index contributed by atoms with van der Waals surface area (Å²) in [6, 6.07) is 19.9. The Balaban J connectivity index is 1.62. The van der Waals surface area contributed by atoms with E-state index in [1.54, 1.807) is 0 Å². The van der Waals surface area contributed by atoms with E-state index in [0.29, 0.717) is 0 Å². The molecule has 2 heteroatoms. The second-order valence-electron chi connectivity index (χ2n) is 12.3. The second kappa shape index (κ2) is 8.82. The van der Waals surface area contributed by atoms with Crippen molar-refractivity contribution in [1.29, 1.82) is 0 Å². The maximum atomic E-state index is 4.80. The Morgan fingerprint density at radius 3 is 2.06 bits per heavy atom. The van der Waals surface area contributed by atoms with Gasteiger partial charge in [-0.1, -0.05) is 97.9 Å². The van der Waals surface area contributed by atoms with Crippen LogP contribution in [-0.4, -0.2) is 13.3 Å². The molecule has 0 N–H and O–H groups in total. The molecule has 2 nitrogen and oxygen atoms in total. The molecule has 0 unspecified atom stereocenters. The summed E-state index contributed by atoms with van der Waals surface area (Å²) in [6.07, 6.45) is 8.30. The highest BCUT2D eigenvalue weighted by Crippen LogP contribution is 2.49. The lowest BCUT2D eigenvalue weighted by Crippen LogP contribution is -2.22. The van der Waals surface area contributed by atoms with Crippen molar-refractivity contribution in [3.8, 4) is 0 Å². The number of rotatable bonds is 3. The zero-order valence-corrected chi connectivity index (χ0v) is 22.9. The van der Waals surface area contributed by atoms with Crippen LogP contribution in [0.15, 0.2) is 83.5 Å². The Morgan fingerprint density at radius 1 is 0.800 bits per heavy atom. The van der Waals surface area contributed by atoms with Gasteiger partial charge in [0.25, 0.3) is 0 Å². The Kier molecular flexibility index (Phi) is 6.30. The number of fused-ring (bicyclic) bond motifs is 3. The molecule has 3 aromatic carbocycles. The number of allylic oxidation sites excluding steroid dienone is 4. The van der Waals surface area contributed by atoms with Gasteiger partial charge in [-0.05, 0) is 68.6 Å². The fourth-order valence-corrected chi connectivity index (χ4v) is 5.07. The molecular weight excluding hydrogens is 424 g/mol. The molecular formula is C33H40N2. The van der Waals surface area contributed by atoms with E-state index in [9.17, 15) is 0 Å². The quantitative estimate of drug-likeness (QED) is 0.353. The SMILES string of the molecule is CN1/C(=C/C=C/C=Nc2cc(C(C)(C)C)cc(C(C)(C)C)c2)C(C)(C)c2c1ccc1ccccc21. The molecule has 0 saturated heterocycles. The van der Waals surface area contributed by atoms with Crippen LogP contribution in [0.5, 0.6) is 0 Å². The van der Waals surface area contributed by atoms with Gasteiger partial charge in [-0.3, -0.25) is 4.99 Å². The minimum atomic E-state index is -0.0743. The molecule has 0 aromatic heterocycles. The Hall–Kier alpha value is -3.13. The lowest BCUT2D eigenvalue weighted by Gasteiger charge is -2.25. The van der Waals surface area contributed by atoms with Gasteiger partial charge < -0.3 is 4.90 Å². The Labute approximate surface area is 212 Å². The van der Waals surface area contributed by atoms with E-state index >= 15 is 0 Å². The molecule has 4 rings (SSSR count). The number of aliphatic imine (C=N–C) groups is 1. The third kappa shape index (κ3) is 4.85. The fourth-order valence-electron chi connectivity index (χ4n) is 5.07. The third-order valence-corrected chi connectivity index (χ3v) is 7.22. The van der Waals surface area contributed by atoms with Crippen LogP contribution in [0.3, 0.4) is 0 Å². The van der Waals surface area contributed by atoms with E-state index in [0.717, 1.165) is 5.69 Å². The minimum absolute atomic E-state index is 0.0743. The van der Waals surface area contributed by atoms with Gasteiger partial charge in [-0.15, -0.1) is 0 Å². The lowest BCUT2D eigenvalue weighted by atomic mass is 9.80. The zero-order valence-electron chi connectivity index (χ0n) is 22.9. The van der Waals surface area contributed by atoms with Crippen LogP contribution in [0, 0.1) is 0 Å². The van der Waals surface area contributed by atoms with Crippen LogP contribution in [0.4, 0.5) is 11.4 Å². The molecule has 0 fully saturated rings. The van der Waals surface area contributed by atoms with Crippen molar-refractivity contribution in [2.45, 2.75) is 71.6 Å². The van der Waals surface area contributed by atoms with Gasteiger partial charge >= 0.3 is 0 Å². The molecule has 0 radical (unpaired) electrons. The first kappa shape index (κ1) is 25.0. The number of nitrogens with zero attached hydrogens (tertiary/aromatic N) is 2. The highest BCUT2D eigenvalue weighted by Gasteiger charge is 2.39. The minimum Gasteiger partial charge on any atom is -0.347 e. The summed E-state index contributed by atoms with van der Waals surface area (Å²) in [4.78, 5) is 7.12. The molecule has 0 aliphatic carbocycles. The summed E-state index contributed by atoms with van der Waals surface area (Å²) in [6.45, 7) is 18.2. The van der Waals surface area contributed by atoms with Gasteiger partial charge in [-0.25, -0.2) is 0 Å². The van der Waals surface area contributed by atoms with Crippen LogP contribution in [0.25, 0.3) is 10.8 Å². The van der Waals surface area contributed by atoms with E-state index in [2.05, 4.69) is 134 Å². The standard InChI is InChI=1S/C33H40N2/c1-31(2,3)24-20-25(32(4,5)6)22-26(21-24)34-19-13-12-16-29-33(7,8)30-27-15-11-10-14-23(27)17-18-28(30)35(29)9/h10-22H,1-9H3/b13-12+,29-16+,34-19?. The molecule has 1 aliphatic heterocycles. The first-order chi connectivity index (χ1) is 16.3. The van der Waals surface area contributed by atoms with Crippen LogP contribution in [0.1, 0.15) is 72.1 Å². The normalized spacial score (nSPS) is 17.3. The van der Waals surface area contributed by atoms with Gasteiger partial charge in [0.1, 0.15) is 0 Å². The highest BCUT2D eigenvalue weighted by molar-refractivity contribution is 5.94. The molecule has 0 spiro atoms. The second-order valence-corrected chi connectivity index (χ2v) is 12.3. The topological polar surface area (TPSA) is 15.6 Å². The Morgan fingerprint density at radius 2 is 1.43 bits per heavy atom. The Bertz CT molecular complexity index is 1310. The van der Waals surface area contributed by atoms with Crippen molar-refractivity contribution in [3.05, 3.63) is 95.2 Å². The first-order valence-corrected chi connectivity index (χ1v) is 12.6. The monoisotopic (exact) mass is 464 g/mol. The number of hydrogen-bond acceptors (Lipinski definition) is 2. The fraction of sp³-hybridized carbons (Fsp3) is 0.364. The van der Waals surface area contributed by atoms with E-state index in [-0.39, 0.29) is 16.2 Å². The van der Waals surface area contributed by atoms with Crippen molar-refractivity contribution in [2.24, 2.45) is 4.99 Å². The molecule has 0 amide bonds. The average molecular weight is 465 g/mol. The summed E-state index contributed by atoms with van der Waals surface area (Å²) in [5.74, 6) is 0. The molecule has 35 heavy (non-hydrogen) atoms. The molecule has 0 saturated carbocycles. The van der Waals surface area contributed by atoms with Crippen LogP contribution < -0.4 is 4.90 Å². The molecule has 1 aliphatic rings. The number of anilines is 1. The van der Waals surface area contributed by atoms with E-state index in [1.807, 2.05) is 12.3 Å². The maximum absolute atomic E-state index is 4.80. The van der Waals surface area contributed by atoms with Crippen LogP contribution in [0.2, 0.25) is 0 Å². The largest absolute Gasteiger partial charge is 0.347 e. The summed E-state index contributed by atoms with van der Waals surface area (Å²) in [7, 11) is 2.17. The van der Waals surface area contributed by atoms with E-state index in [1.165, 1.54) is 38.8 Å². The van der Waals surface area contributed by atoms with Crippen molar-refractivity contribution in [3.63, 3.8) is 0 Å². The van der Waals surface area contributed by atoms with E-state index < -0.39 is 0 Å². The van der Waals surface area contributed by atoms with Crippen molar-refractivity contribution >= 4 is 28.4 Å². The van der Waals surface area contributed by atoms with Gasteiger partial charge in [0.15, 0.2) is 0 Å². The predicted molar refractivity (Wildman–Crippen MR) is 155 cm³/mol. The van der Waals surface area contributed by atoms with Gasteiger partial charge in [0.05, 0.1) is 5.69 Å². The van der Waals surface area contributed by atoms with Gasteiger partial charge in [0.2, 0.25) is 0 Å². The molecule has 1 heterocycles. The van der Waals surface area contributed by atoms with Crippen molar-refractivity contribution in [2.75, 3.05) is 11.9 Å². The van der Waals surface area contributed by atoms with E-state index in [4.69, 9.17) is 4.99 Å². The number of benzene rings is 3. The zero-order chi connectivity index (χ0) is 25.6. The summed E-state index contributed by atoms with van der Waals surface area (Å²) in [5.41, 5.74) is 7.73. The molecule has 0 atom stereocenters. The predicted octanol–water partition coefficient (Wildman–Crippen LogP) is 9.00. The van der Waals surface area contributed by atoms with Gasteiger partial charge in [0, 0.05) is 30.1 Å². The smallest absolute Gasteiger partial charge is 0.0635 e. The first-order valence-electron chi connectivity index (χ1n) is 12.6. The molecule has 3 aromatic rings. The van der Waals surface area contributed by atoms with Gasteiger partial charge in [-0.2, -0.15) is 0 Å². The summed E-state index contributed by atoms with van der Waals surface area (Å²) >= 11 is 0. The maximum Gasteiger partial charge on any atom is 0.0635 e. The molecule has 182 valence electrons. The number of likely N-dealkylation sites (N-methyl/N-ethyl adjacent to an activating group) is 1. The highest BCUT2D eigenvalue weighted by atomic mass is 15.2. The summed E-state index contributed by atoms with van der Waals surface area (Å²) < 4.78 is 0. The summed E-state index contributed by atoms with van der Waals surface area (Å²) in [5, 5.41) is 2.63. The van der Waals surface area contributed by atoms with Crippen molar-refractivity contribution < 1.29 is 0 Å². The number of hydrogen-bond donors (Lipinski definition) is 0. The molecule has 0 bridgehead atoms.